The highest BCUT2D eigenvalue weighted by Gasteiger charge is 2.15. The zero-order valence-electron chi connectivity index (χ0n) is 11.1. The van der Waals surface area contributed by atoms with Crippen LogP contribution in [-0.2, 0) is 13.0 Å². The van der Waals surface area contributed by atoms with Crippen LogP contribution in [0.4, 0.5) is 5.69 Å². The van der Waals surface area contributed by atoms with E-state index in [-0.39, 0.29) is 5.56 Å². The molecule has 2 aromatic rings. The lowest BCUT2D eigenvalue weighted by Gasteiger charge is -2.18. The fraction of sp³-hybridized carbons (Fsp3) is 0.267. The number of hydrogen-bond donors (Lipinski definition) is 1. The van der Waals surface area contributed by atoms with E-state index < -0.39 is 5.97 Å². The summed E-state index contributed by atoms with van der Waals surface area (Å²) >= 11 is 0. The first-order valence-electron chi connectivity index (χ1n) is 6.21. The summed E-state index contributed by atoms with van der Waals surface area (Å²) in [5.41, 5.74) is 2.53. The van der Waals surface area contributed by atoms with E-state index >= 15 is 0 Å². The molecule has 0 amide bonds. The monoisotopic (exact) mass is 259 g/mol. The summed E-state index contributed by atoms with van der Waals surface area (Å²) in [5.74, 6) is -0.493. The summed E-state index contributed by atoms with van der Waals surface area (Å²) in [5, 5.41) is 9.03. The number of carboxylic acids is 1. The third-order valence-corrected chi connectivity index (χ3v) is 3.14. The van der Waals surface area contributed by atoms with Crippen molar-refractivity contribution in [3.05, 3.63) is 53.5 Å². The average molecular weight is 259 g/mol. The van der Waals surface area contributed by atoms with Gasteiger partial charge in [-0.05, 0) is 30.2 Å². The van der Waals surface area contributed by atoms with Gasteiger partial charge in [-0.2, -0.15) is 0 Å². The fourth-order valence-electron chi connectivity index (χ4n) is 1.95. The second-order valence-corrected chi connectivity index (χ2v) is 4.44. The number of aryl methyl sites for hydroxylation is 1. The van der Waals surface area contributed by atoms with Gasteiger partial charge in [0, 0.05) is 12.7 Å². The van der Waals surface area contributed by atoms with Crippen molar-refractivity contribution in [3.63, 3.8) is 0 Å². The third kappa shape index (κ3) is 2.96. The zero-order chi connectivity index (χ0) is 13.8. The number of anilines is 1. The Bertz CT molecular complexity index is 557. The fourth-order valence-corrected chi connectivity index (χ4v) is 1.95. The smallest absolute Gasteiger partial charge is 0.339 e. The van der Waals surface area contributed by atoms with Crippen molar-refractivity contribution in [1.82, 2.24) is 0 Å². The van der Waals surface area contributed by atoms with Gasteiger partial charge in [-0.1, -0.05) is 19.1 Å². The van der Waals surface area contributed by atoms with Crippen LogP contribution >= 0.6 is 0 Å². The topological polar surface area (TPSA) is 53.7 Å². The van der Waals surface area contributed by atoms with Crippen LogP contribution < -0.4 is 4.90 Å². The van der Waals surface area contributed by atoms with Crippen LogP contribution in [0.15, 0.2) is 41.0 Å². The van der Waals surface area contributed by atoms with Crippen molar-refractivity contribution in [1.29, 1.82) is 0 Å². The van der Waals surface area contributed by atoms with Crippen molar-refractivity contribution in [3.8, 4) is 0 Å². The standard InChI is InChI=1S/C15H17NO3/c1-3-11-4-6-12(7-5-11)16(2)10-14-13(15(17)18)8-9-19-14/h4-9H,3,10H2,1-2H3,(H,17,18). The number of aromatic carboxylic acids is 1. The van der Waals surface area contributed by atoms with Gasteiger partial charge in [0.1, 0.15) is 11.3 Å². The summed E-state index contributed by atoms with van der Waals surface area (Å²) in [6.45, 7) is 2.54. The van der Waals surface area contributed by atoms with Crippen molar-refractivity contribution >= 4 is 11.7 Å². The molecular weight excluding hydrogens is 242 g/mol. The minimum absolute atomic E-state index is 0.219. The Hall–Kier alpha value is -2.23. The van der Waals surface area contributed by atoms with E-state index in [1.807, 2.05) is 24.1 Å². The van der Waals surface area contributed by atoms with E-state index in [0.717, 1.165) is 12.1 Å². The number of rotatable bonds is 5. The molecule has 1 N–H and O–H groups in total. The molecule has 2 rings (SSSR count). The zero-order valence-corrected chi connectivity index (χ0v) is 11.1. The maximum atomic E-state index is 11.0. The Kier molecular flexibility index (Phi) is 3.90. The first kappa shape index (κ1) is 13.2. The van der Waals surface area contributed by atoms with Gasteiger partial charge in [-0.15, -0.1) is 0 Å². The van der Waals surface area contributed by atoms with Crippen LogP contribution in [-0.4, -0.2) is 18.1 Å². The van der Waals surface area contributed by atoms with Crippen molar-refractivity contribution in [2.24, 2.45) is 0 Å². The maximum Gasteiger partial charge on any atom is 0.339 e. The van der Waals surface area contributed by atoms with Crippen LogP contribution in [0, 0.1) is 0 Å². The van der Waals surface area contributed by atoms with Gasteiger partial charge in [0.2, 0.25) is 0 Å². The van der Waals surface area contributed by atoms with Crippen LogP contribution in [0.3, 0.4) is 0 Å². The molecular formula is C15H17NO3. The second-order valence-electron chi connectivity index (χ2n) is 4.44. The summed E-state index contributed by atoms with van der Waals surface area (Å²) in [4.78, 5) is 13.0. The number of nitrogens with zero attached hydrogens (tertiary/aromatic N) is 1. The predicted octanol–water partition coefficient (Wildman–Crippen LogP) is 3.18. The van der Waals surface area contributed by atoms with E-state index in [9.17, 15) is 4.79 Å². The number of benzene rings is 1. The highest BCUT2D eigenvalue weighted by molar-refractivity contribution is 5.88. The van der Waals surface area contributed by atoms with E-state index in [4.69, 9.17) is 9.52 Å². The second kappa shape index (κ2) is 5.61. The molecule has 0 aliphatic heterocycles. The van der Waals surface area contributed by atoms with E-state index in [2.05, 4.69) is 19.1 Å². The molecule has 4 heteroatoms. The first-order valence-corrected chi connectivity index (χ1v) is 6.21. The normalized spacial score (nSPS) is 10.4. The van der Waals surface area contributed by atoms with Crippen molar-refractivity contribution < 1.29 is 14.3 Å². The van der Waals surface area contributed by atoms with Crippen LogP contribution in [0.1, 0.15) is 28.6 Å². The lowest BCUT2D eigenvalue weighted by Crippen LogP contribution is -2.17. The Balaban J connectivity index is 2.13. The maximum absolute atomic E-state index is 11.0. The molecule has 1 aromatic heterocycles. The summed E-state index contributed by atoms with van der Waals surface area (Å²) < 4.78 is 5.24. The molecule has 0 bridgehead atoms. The molecule has 0 aliphatic carbocycles. The quantitative estimate of drug-likeness (QED) is 0.896. The van der Waals surface area contributed by atoms with Gasteiger partial charge in [0.25, 0.3) is 0 Å². The molecule has 0 spiro atoms. The summed E-state index contributed by atoms with van der Waals surface area (Å²) in [6, 6.07) is 9.69. The Morgan fingerprint density at radius 1 is 1.26 bits per heavy atom. The predicted molar refractivity (Wildman–Crippen MR) is 73.6 cm³/mol. The molecule has 1 aromatic carbocycles. The van der Waals surface area contributed by atoms with E-state index in [1.165, 1.54) is 17.9 Å². The van der Waals surface area contributed by atoms with Gasteiger partial charge in [-0.25, -0.2) is 4.79 Å². The largest absolute Gasteiger partial charge is 0.478 e. The first-order chi connectivity index (χ1) is 9.11. The minimum Gasteiger partial charge on any atom is -0.478 e. The number of hydrogen-bond acceptors (Lipinski definition) is 3. The van der Waals surface area contributed by atoms with Gasteiger partial charge in [0.15, 0.2) is 0 Å². The molecule has 0 saturated heterocycles. The molecule has 0 atom stereocenters. The van der Waals surface area contributed by atoms with Gasteiger partial charge in [-0.3, -0.25) is 0 Å². The molecule has 19 heavy (non-hydrogen) atoms. The third-order valence-electron chi connectivity index (χ3n) is 3.14. The van der Waals surface area contributed by atoms with E-state index in [1.54, 1.807) is 0 Å². The molecule has 100 valence electrons. The Morgan fingerprint density at radius 2 is 1.95 bits per heavy atom. The minimum atomic E-state index is -0.960. The van der Waals surface area contributed by atoms with Gasteiger partial charge in [0.05, 0.1) is 12.8 Å². The average Bonchev–Trinajstić information content (AvgIpc) is 2.87. The number of furan rings is 1. The molecule has 0 saturated carbocycles. The number of carboxylic acid groups (broad SMARTS) is 1. The molecule has 4 nitrogen and oxygen atoms in total. The van der Waals surface area contributed by atoms with Crippen LogP contribution in [0.2, 0.25) is 0 Å². The van der Waals surface area contributed by atoms with Gasteiger partial charge < -0.3 is 14.4 Å². The highest BCUT2D eigenvalue weighted by atomic mass is 16.4. The molecule has 0 fully saturated rings. The molecule has 0 unspecified atom stereocenters. The lowest BCUT2D eigenvalue weighted by molar-refractivity contribution is 0.0694. The van der Waals surface area contributed by atoms with Crippen molar-refractivity contribution in [2.75, 3.05) is 11.9 Å². The number of carbonyl (C=O) groups is 1. The molecule has 0 aliphatic rings. The SMILES string of the molecule is CCc1ccc(N(C)Cc2occc2C(=O)O)cc1. The van der Waals surface area contributed by atoms with Crippen molar-refractivity contribution in [2.45, 2.75) is 19.9 Å². The lowest BCUT2D eigenvalue weighted by atomic mass is 10.1. The summed E-state index contributed by atoms with van der Waals surface area (Å²) in [6.07, 6.45) is 2.41. The van der Waals surface area contributed by atoms with Gasteiger partial charge >= 0.3 is 5.97 Å². The molecule has 1 heterocycles. The van der Waals surface area contributed by atoms with E-state index in [0.29, 0.717) is 12.3 Å². The Labute approximate surface area is 112 Å². The Morgan fingerprint density at radius 3 is 2.53 bits per heavy atom. The highest BCUT2D eigenvalue weighted by Crippen LogP contribution is 2.19. The molecule has 0 radical (unpaired) electrons. The van der Waals surface area contributed by atoms with Crippen LogP contribution in [0.25, 0.3) is 0 Å². The van der Waals surface area contributed by atoms with Crippen LogP contribution in [0.5, 0.6) is 0 Å². The summed E-state index contributed by atoms with van der Waals surface area (Å²) in [7, 11) is 1.91.